The molecule has 1 fully saturated rings. The number of aromatic nitrogens is 2. The van der Waals surface area contributed by atoms with Crippen molar-refractivity contribution in [2.45, 2.75) is 57.7 Å². The van der Waals surface area contributed by atoms with Gasteiger partial charge in [-0.2, -0.15) is 0 Å². The number of nitrogens with one attached hydrogen (secondary N) is 1. The Labute approximate surface area is 134 Å². The number of carbonyl (C=O) groups is 1. The summed E-state index contributed by atoms with van der Waals surface area (Å²) >= 11 is 0. The van der Waals surface area contributed by atoms with Gasteiger partial charge in [-0.1, -0.05) is 10.3 Å². The van der Waals surface area contributed by atoms with Crippen molar-refractivity contribution in [3.63, 3.8) is 0 Å². The minimum Gasteiger partial charge on any atom is -0.384 e. The second-order valence-electron chi connectivity index (χ2n) is 6.37. The summed E-state index contributed by atoms with van der Waals surface area (Å²) in [4.78, 5) is 12.1. The van der Waals surface area contributed by atoms with Gasteiger partial charge in [0.1, 0.15) is 28.9 Å². The molecule has 0 aliphatic heterocycles. The first-order valence-electron chi connectivity index (χ1n) is 7.73. The monoisotopic (exact) mass is 319 g/mol. The molecule has 0 saturated heterocycles. The molecular formula is C16H21N3O4. The molecule has 0 aromatic carbocycles. The molecule has 7 nitrogen and oxygen atoms in total. The van der Waals surface area contributed by atoms with Gasteiger partial charge >= 0.3 is 0 Å². The maximum Gasteiger partial charge on any atom is 0.152 e. The molecule has 1 saturated carbocycles. The third-order valence-electron chi connectivity index (χ3n) is 4.40. The Morgan fingerprint density at radius 2 is 2.17 bits per heavy atom. The average Bonchev–Trinajstić information content (AvgIpc) is 3.10. The highest BCUT2D eigenvalue weighted by molar-refractivity contribution is 5.86. The minimum absolute atomic E-state index is 0.198. The summed E-state index contributed by atoms with van der Waals surface area (Å²) in [5, 5.41) is 21.5. The van der Waals surface area contributed by atoms with Crippen molar-refractivity contribution in [2.75, 3.05) is 0 Å². The van der Waals surface area contributed by atoms with Crippen LogP contribution in [0, 0.1) is 6.92 Å². The summed E-state index contributed by atoms with van der Waals surface area (Å²) in [6.07, 6.45) is 1.15. The van der Waals surface area contributed by atoms with E-state index in [4.69, 9.17) is 9.05 Å². The lowest BCUT2D eigenvalue weighted by atomic mass is 9.88. The Hall–Kier alpha value is -1.99. The smallest absolute Gasteiger partial charge is 0.152 e. The van der Waals surface area contributed by atoms with Crippen LogP contribution >= 0.6 is 0 Å². The Morgan fingerprint density at radius 1 is 1.43 bits per heavy atom. The van der Waals surface area contributed by atoms with Gasteiger partial charge in [0.15, 0.2) is 5.78 Å². The molecule has 0 radical (unpaired) electrons. The van der Waals surface area contributed by atoms with Crippen LogP contribution < -0.4 is 5.32 Å². The first-order valence-corrected chi connectivity index (χ1v) is 7.73. The summed E-state index contributed by atoms with van der Waals surface area (Å²) in [5.74, 6) is 1.75. The van der Waals surface area contributed by atoms with Crippen molar-refractivity contribution in [3.05, 3.63) is 35.0 Å². The maximum atomic E-state index is 12.1. The Kier molecular flexibility index (Phi) is 4.08. The van der Waals surface area contributed by atoms with Gasteiger partial charge in [-0.3, -0.25) is 10.1 Å². The maximum absolute atomic E-state index is 12.1. The molecule has 0 unspecified atom stereocenters. The number of aliphatic hydroxyl groups is 1. The van der Waals surface area contributed by atoms with Crippen LogP contribution in [0.4, 0.5) is 0 Å². The molecule has 124 valence electrons. The lowest BCUT2D eigenvalue weighted by Crippen LogP contribution is -2.52. The number of aliphatic hydroxyl groups excluding tert-OH is 1. The van der Waals surface area contributed by atoms with Crippen LogP contribution in [-0.2, 0) is 11.3 Å². The Balaban J connectivity index is 1.72. The van der Waals surface area contributed by atoms with Gasteiger partial charge in [-0.25, -0.2) is 0 Å². The fourth-order valence-corrected chi connectivity index (χ4v) is 2.47. The summed E-state index contributed by atoms with van der Waals surface area (Å²) < 4.78 is 10.3. The zero-order chi connectivity index (χ0) is 16.6. The van der Waals surface area contributed by atoms with Crippen LogP contribution in [-0.4, -0.2) is 26.7 Å². The van der Waals surface area contributed by atoms with Gasteiger partial charge in [0.2, 0.25) is 0 Å². The van der Waals surface area contributed by atoms with Gasteiger partial charge in [-0.15, -0.1) is 0 Å². The van der Waals surface area contributed by atoms with Crippen LogP contribution in [0.3, 0.4) is 0 Å². The van der Waals surface area contributed by atoms with E-state index in [9.17, 15) is 9.90 Å². The van der Waals surface area contributed by atoms with E-state index in [0.717, 1.165) is 18.6 Å². The zero-order valence-corrected chi connectivity index (χ0v) is 13.5. The highest BCUT2D eigenvalue weighted by Crippen LogP contribution is 2.40. The van der Waals surface area contributed by atoms with Crippen LogP contribution in [0.15, 0.2) is 21.2 Å². The number of hydrogen-bond donors (Lipinski definition) is 2. The molecule has 23 heavy (non-hydrogen) atoms. The SMILES string of the molecule is CC(=O)[C@@](C)(NCc1cc(C2CC2)on1)[C@@H](O)c1cc(C)on1. The number of aryl methyl sites for hydroxylation is 1. The first kappa shape index (κ1) is 15.9. The number of nitrogens with zero attached hydrogens (tertiary/aromatic N) is 2. The number of ketones is 1. The van der Waals surface area contributed by atoms with Crippen molar-refractivity contribution in [1.82, 2.24) is 15.6 Å². The third-order valence-corrected chi connectivity index (χ3v) is 4.40. The van der Waals surface area contributed by atoms with Crippen molar-refractivity contribution in [1.29, 1.82) is 0 Å². The van der Waals surface area contributed by atoms with Gasteiger partial charge in [0.25, 0.3) is 0 Å². The number of rotatable bonds is 7. The highest BCUT2D eigenvalue weighted by atomic mass is 16.5. The summed E-state index contributed by atoms with van der Waals surface area (Å²) in [6.45, 7) is 5.13. The zero-order valence-electron chi connectivity index (χ0n) is 13.5. The van der Waals surface area contributed by atoms with E-state index >= 15 is 0 Å². The van der Waals surface area contributed by atoms with Crippen molar-refractivity contribution >= 4 is 5.78 Å². The summed E-state index contributed by atoms with van der Waals surface area (Å²) in [7, 11) is 0. The molecule has 1 aliphatic carbocycles. The van der Waals surface area contributed by atoms with E-state index < -0.39 is 11.6 Å². The predicted octanol–water partition coefficient (Wildman–Crippen LogP) is 2.02. The van der Waals surface area contributed by atoms with Crippen LogP contribution in [0.1, 0.15) is 61.6 Å². The van der Waals surface area contributed by atoms with Gasteiger partial charge in [0.05, 0.1) is 5.69 Å². The normalized spacial score (nSPS) is 18.6. The molecule has 1 aliphatic rings. The molecule has 2 aromatic rings. The Bertz CT molecular complexity index is 704. The lowest BCUT2D eigenvalue weighted by Gasteiger charge is -2.31. The van der Waals surface area contributed by atoms with Crippen molar-refractivity contribution < 1.29 is 18.9 Å². The highest BCUT2D eigenvalue weighted by Gasteiger charge is 2.40. The Morgan fingerprint density at radius 3 is 2.74 bits per heavy atom. The van der Waals surface area contributed by atoms with Crippen molar-refractivity contribution in [3.8, 4) is 0 Å². The van der Waals surface area contributed by atoms with Crippen LogP contribution in [0.5, 0.6) is 0 Å². The summed E-state index contributed by atoms with van der Waals surface area (Å²) in [5.41, 5.74) is -0.156. The fraction of sp³-hybridized carbons (Fsp3) is 0.562. The minimum atomic E-state index is -1.19. The van der Waals surface area contributed by atoms with E-state index in [1.807, 2.05) is 6.07 Å². The van der Waals surface area contributed by atoms with Crippen LogP contribution in [0.2, 0.25) is 0 Å². The molecule has 2 N–H and O–H groups in total. The molecule has 3 rings (SSSR count). The molecule has 2 atom stereocenters. The molecule has 0 spiro atoms. The lowest BCUT2D eigenvalue weighted by molar-refractivity contribution is -0.127. The van der Waals surface area contributed by atoms with E-state index in [-0.39, 0.29) is 5.78 Å². The largest absolute Gasteiger partial charge is 0.384 e. The molecular weight excluding hydrogens is 298 g/mol. The standard InChI is InChI=1S/C16H21N3O4/c1-9-6-13(19-22-9)15(21)16(3,10(2)20)17-8-12-7-14(23-18-12)11-4-5-11/h6-7,11,15,17,21H,4-5,8H2,1-3H3/t15-,16+/m0/s1. The molecule has 2 aromatic heterocycles. The molecule has 7 heteroatoms. The second kappa shape index (κ2) is 5.90. The predicted molar refractivity (Wildman–Crippen MR) is 80.6 cm³/mol. The third kappa shape index (κ3) is 3.20. The number of hydrogen-bond acceptors (Lipinski definition) is 7. The quantitative estimate of drug-likeness (QED) is 0.805. The van der Waals surface area contributed by atoms with E-state index in [2.05, 4.69) is 15.6 Å². The molecule has 0 amide bonds. The number of Topliss-reactive ketones (excluding diaryl/α,β-unsaturated/α-hetero) is 1. The fourth-order valence-electron chi connectivity index (χ4n) is 2.47. The second-order valence-corrected chi connectivity index (χ2v) is 6.37. The number of carbonyl (C=O) groups excluding carboxylic acids is 1. The molecule has 2 heterocycles. The van der Waals surface area contributed by atoms with Gasteiger partial charge in [0, 0.05) is 24.6 Å². The van der Waals surface area contributed by atoms with E-state index in [1.54, 1.807) is 19.9 Å². The van der Waals surface area contributed by atoms with Crippen molar-refractivity contribution in [2.24, 2.45) is 0 Å². The van der Waals surface area contributed by atoms with Crippen LogP contribution in [0.25, 0.3) is 0 Å². The van der Waals surface area contributed by atoms with Gasteiger partial charge in [-0.05, 0) is 33.6 Å². The average molecular weight is 319 g/mol. The topological polar surface area (TPSA) is 101 Å². The summed E-state index contributed by atoms with van der Waals surface area (Å²) in [6, 6.07) is 3.52. The van der Waals surface area contributed by atoms with Gasteiger partial charge < -0.3 is 14.2 Å². The van der Waals surface area contributed by atoms with E-state index in [0.29, 0.717) is 29.6 Å². The first-order chi connectivity index (χ1) is 10.9. The van der Waals surface area contributed by atoms with E-state index in [1.165, 1.54) is 6.92 Å². The molecule has 0 bridgehead atoms.